The highest BCUT2D eigenvalue weighted by atomic mass is 16.3. The first-order chi connectivity index (χ1) is 14.3. The van der Waals surface area contributed by atoms with Crippen LogP contribution in [0.3, 0.4) is 0 Å². The molecule has 3 fully saturated rings. The molecule has 1 heterocycles. The molecule has 0 aliphatic heterocycles. The Morgan fingerprint density at radius 2 is 1.97 bits per heavy atom. The molecule has 5 rings (SSSR count). The van der Waals surface area contributed by atoms with Gasteiger partial charge in [-0.15, -0.1) is 0 Å². The molecule has 0 amide bonds. The van der Waals surface area contributed by atoms with E-state index in [1.807, 2.05) is 10.9 Å². The van der Waals surface area contributed by atoms with Gasteiger partial charge in [0.05, 0.1) is 18.4 Å². The molecule has 4 aliphatic rings. The first-order valence-corrected chi connectivity index (χ1v) is 12.1. The van der Waals surface area contributed by atoms with Gasteiger partial charge in [-0.1, -0.05) is 25.5 Å². The van der Waals surface area contributed by atoms with E-state index in [0.29, 0.717) is 17.8 Å². The molecule has 0 bridgehead atoms. The fourth-order valence-corrected chi connectivity index (χ4v) is 7.76. The van der Waals surface area contributed by atoms with Crippen molar-refractivity contribution in [2.24, 2.45) is 28.6 Å². The highest BCUT2D eigenvalue weighted by Crippen LogP contribution is 2.65. The van der Waals surface area contributed by atoms with Gasteiger partial charge in [-0.05, 0) is 93.6 Å². The third kappa shape index (κ3) is 2.82. The number of hydrogen-bond donors (Lipinski definition) is 2. The number of aliphatic hydroxyl groups is 2. The fraction of sp³-hybridized carbons (Fsp3) is 0.731. The third-order valence-corrected chi connectivity index (χ3v) is 9.73. The van der Waals surface area contributed by atoms with Gasteiger partial charge in [0, 0.05) is 23.2 Å². The van der Waals surface area contributed by atoms with Gasteiger partial charge in [0.1, 0.15) is 0 Å². The predicted molar refractivity (Wildman–Crippen MR) is 120 cm³/mol. The first kappa shape index (κ1) is 20.5. The Hall–Kier alpha value is -1.39. The quantitative estimate of drug-likeness (QED) is 0.683. The number of allylic oxidation sites excluding steroid dienone is 1. The summed E-state index contributed by atoms with van der Waals surface area (Å²) < 4.78 is 2.03. The summed E-state index contributed by atoms with van der Waals surface area (Å²) in [6.45, 7) is 9.93. The zero-order valence-corrected chi connectivity index (χ0v) is 19.1. The highest BCUT2D eigenvalue weighted by molar-refractivity contribution is 5.57. The molecule has 1 aromatic heterocycles. The topological polar surface area (TPSA) is 58.3 Å². The molecule has 3 saturated carbocycles. The van der Waals surface area contributed by atoms with E-state index in [2.05, 4.69) is 44.9 Å². The Morgan fingerprint density at radius 3 is 2.70 bits per heavy atom. The van der Waals surface area contributed by atoms with Crippen molar-refractivity contribution in [3.8, 4) is 0 Å². The van der Waals surface area contributed by atoms with Gasteiger partial charge < -0.3 is 10.2 Å². The van der Waals surface area contributed by atoms with Crippen molar-refractivity contribution < 1.29 is 10.2 Å². The predicted octanol–water partition coefficient (Wildman–Crippen LogP) is 4.89. The van der Waals surface area contributed by atoms with Crippen LogP contribution in [0, 0.1) is 35.5 Å². The van der Waals surface area contributed by atoms with Gasteiger partial charge in [-0.3, -0.25) is 4.68 Å². The SMILES string of the molecule is CCn1ncc(/C=C2\C[C@@H]3[C@H]4CC=C5C[C@@H](O)CC[C@]5(C)[C@@H]4CC[C@@]3(C)[C@@H]2O)c1C. The van der Waals surface area contributed by atoms with Crippen LogP contribution in [0.25, 0.3) is 6.08 Å². The summed E-state index contributed by atoms with van der Waals surface area (Å²) >= 11 is 0. The Bertz CT molecular complexity index is 899. The molecule has 0 radical (unpaired) electrons. The molecule has 1 aromatic rings. The van der Waals surface area contributed by atoms with Gasteiger partial charge in [-0.2, -0.15) is 5.10 Å². The van der Waals surface area contributed by atoms with Crippen LogP contribution in [0.4, 0.5) is 0 Å². The maximum atomic E-state index is 11.4. The Labute approximate surface area is 181 Å². The average Bonchev–Trinajstić information content (AvgIpc) is 3.20. The third-order valence-electron chi connectivity index (χ3n) is 9.73. The van der Waals surface area contributed by atoms with Gasteiger partial charge >= 0.3 is 0 Å². The lowest BCUT2D eigenvalue weighted by Gasteiger charge is -2.57. The fourth-order valence-electron chi connectivity index (χ4n) is 7.76. The molecule has 7 atom stereocenters. The number of aliphatic hydroxyl groups excluding tert-OH is 2. The Morgan fingerprint density at radius 1 is 1.17 bits per heavy atom. The van der Waals surface area contributed by atoms with Crippen molar-refractivity contribution in [2.45, 2.75) is 91.4 Å². The summed E-state index contributed by atoms with van der Waals surface area (Å²) in [6.07, 6.45) is 13.5. The zero-order valence-electron chi connectivity index (χ0n) is 19.1. The van der Waals surface area contributed by atoms with Gasteiger partial charge in [-0.25, -0.2) is 0 Å². The van der Waals surface area contributed by atoms with Crippen LogP contribution in [0.5, 0.6) is 0 Å². The van der Waals surface area contributed by atoms with Crippen LogP contribution in [0.2, 0.25) is 0 Å². The van der Waals surface area contributed by atoms with E-state index < -0.39 is 0 Å². The van der Waals surface area contributed by atoms with Gasteiger partial charge in [0.25, 0.3) is 0 Å². The normalized spacial score (nSPS) is 44.4. The molecule has 0 aromatic carbocycles. The van der Waals surface area contributed by atoms with E-state index in [0.717, 1.165) is 50.6 Å². The minimum absolute atomic E-state index is 0.0163. The Kier molecular flexibility index (Phi) is 4.83. The number of rotatable bonds is 2. The van der Waals surface area contributed by atoms with Crippen molar-refractivity contribution >= 4 is 6.08 Å². The zero-order chi connectivity index (χ0) is 21.3. The van der Waals surface area contributed by atoms with Crippen LogP contribution in [-0.2, 0) is 6.54 Å². The minimum atomic E-state index is -0.348. The smallest absolute Gasteiger partial charge is 0.0809 e. The summed E-state index contributed by atoms with van der Waals surface area (Å²) in [6, 6.07) is 0. The van der Waals surface area contributed by atoms with Crippen molar-refractivity contribution in [3.05, 3.63) is 34.7 Å². The lowest BCUT2D eigenvalue weighted by molar-refractivity contribution is -0.0685. The highest BCUT2D eigenvalue weighted by Gasteiger charge is 2.59. The standard InChI is InChI=1S/C26H38N2O2/c1-5-28-16(2)18(15-27-28)12-17-13-23-21-7-6-19-14-20(29)8-10-25(19,3)22(21)9-11-26(23,4)24(17)30/h6,12,15,20-24,29-30H,5,7-11,13-14H2,1-4H3/b17-12+/t20-,21-,22+,23+,24+,25-,26+/m0/s1. The van der Waals surface area contributed by atoms with Crippen LogP contribution in [0.15, 0.2) is 23.4 Å². The van der Waals surface area contributed by atoms with E-state index in [1.165, 1.54) is 23.3 Å². The van der Waals surface area contributed by atoms with Crippen LogP contribution < -0.4 is 0 Å². The van der Waals surface area contributed by atoms with E-state index in [1.54, 1.807) is 0 Å². The first-order valence-electron chi connectivity index (χ1n) is 12.1. The van der Waals surface area contributed by atoms with Crippen molar-refractivity contribution in [1.29, 1.82) is 0 Å². The summed E-state index contributed by atoms with van der Waals surface area (Å²) in [5.41, 5.74) is 5.30. The van der Waals surface area contributed by atoms with E-state index in [-0.39, 0.29) is 23.0 Å². The molecule has 30 heavy (non-hydrogen) atoms. The second-order valence-electron chi connectivity index (χ2n) is 11.0. The molecular formula is C26H38N2O2. The van der Waals surface area contributed by atoms with E-state index in [9.17, 15) is 10.2 Å². The molecule has 0 unspecified atom stereocenters. The number of aryl methyl sites for hydroxylation is 1. The number of nitrogens with zero attached hydrogens (tertiary/aromatic N) is 2. The lowest BCUT2D eigenvalue weighted by atomic mass is 9.48. The van der Waals surface area contributed by atoms with Crippen molar-refractivity contribution in [1.82, 2.24) is 9.78 Å². The molecule has 0 saturated heterocycles. The molecule has 164 valence electrons. The van der Waals surface area contributed by atoms with Gasteiger partial charge in [0.2, 0.25) is 0 Å². The number of aromatic nitrogens is 2. The second kappa shape index (κ2) is 7.06. The second-order valence-corrected chi connectivity index (χ2v) is 11.0. The van der Waals surface area contributed by atoms with Crippen LogP contribution in [0.1, 0.15) is 77.0 Å². The summed E-state index contributed by atoms with van der Waals surface area (Å²) in [7, 11) is 0. The lowest BCUT2D eigenvalue weighted by Crippen LogP contribution is -2.51. The maximum Gasteiger partial charge on any atom is 0.0809 e. The molecule has 4 aliphatic carbocycles. The van der Waals surface area contributed by atoms with E-state index in [4.69, 9.17) is 0 Å². The molecule has 2 N–H and O–H groups in total. The molecule has 0 spiro atoms. The van der Waals surface area contributed by atoms with Crippen molar-refractivity contribution in [2.75, 3.05) is 0 Å². The molecule has 4 heteroatoms. The van der Waals surface area contributed by atoms with E-state index >= 15 is 0 Å². The van der Waals surface area contributed by atoms with Crippen molar-refractivity contribution in [3.63, 3.8) is 0 Å². The summed E-state index contributed by atoms with van der Waals surface area (Å²) in [4.78, 5) is 0. The monoisotopic (exact) mass is 410 g/mol. The van der Waals surface area contributed by atoms with Gasteiger partial charge in [0.15, 0.2) is 0 Å². The molecular weight excluding hydrogens is 372 g/mol. The summed E-state index contributed by atoms with van der Waals surface area (Å²) in [5.74, 6) is 1.88. The Balaban J connectivity index is 1.47. The average molecular weight is 411 g/mol. The number of fused-ring (bicyclic) bond motifs is 5. The van der Waals surface area contributed by atoms with Crippen LogP contribution in [-0.4, -0.2) is 32.2 Å². The largest absolute Gasteiger partial charge is 0.393 e. The number of hydrogen-bond acceptors (Lipinski definition) is 3. The maximum absolute atomic E-state index is 11.4. The minimum Gasteiger partial charge on any atom is -0.393 e. The summed E-state index contributed by atoms with van der Waals surface area (Å²) in [5, 5.41) is 26.1. The molecule has 4 nitrogen and oxygen atoms in total. The van der Waals surface area contributed by atoms with Crippen LogP contribution >= 0.6 is 0 Å².